The molecule has 0 atom stereocenters. The Balaban J connectivity index is 2.07. The Morgan fingerprint density at radius 2 is 1.92 bits per heavy atom. The highest BCUT2D eigenvalue weighted by atomic mass is 16.3. The lowest BCUT2D eigenvalue weighted by Crippen LogP contribution is -2.35. The van der Waals surface area contributed by atoms with Crippen LogP contribution in [-0.4, -0.2) is 60.8 Å². The average Bonchev–Trinajstić information content (AvgIpc) is 2.64. The molecule has 0 spiro atoms. The summed E-state index contributed by atoms with van der Waals surface area (Å²) in [6.45, 7) is 9.14. The fraction of sp³-hybridized carbons (Fsp3) is 1.00. The van der Waals surface area contributed by atoms with Crippen LogP contribution in [0.2, 0.25) is 0 Å². The first kappa shape index (κ1) is 11.0. The van der Waals surface area contributed by atoms with E-state index in [1.54, 1.807) is 0 Å². The van der Waals surface area contributed by atoms with Crippen LogP contribution in [0.15, 0.2) is 0 Å². The maximum Gasteiger partial charge on any atom is 0.0558 e. The molecule has 0 aromatic rings. The Kier molecular flexibility index (Phi) is 5.35. The van der Waals surface area contributed by atoms with Gasteiger partial charge in [0.1, 0.15) is 0 Å². The molecule has 0 aliphatic carbocycles. The number of aliphatic hydroxyl groups is 1. The van der Waals surface area contributed by atoms with E-state index in [1.165, 1.54) is 32.5 Å². The molecule has 1 heterocycles. The maximum absolute atomic E-state index is 8.80. The van der Waals surface area contributed by atoms with Gasteiger partial charge >= 0.3 is 0 Å². The smallest absolute Gasteiger partial charge is 0.0558 e. The minimum atomic E-state index is 0.286. The third-order valence-corrected chi connectivity index (χ3v) is 2.79. The molecule has 1 rings (SSSR count). The van der Waals surface area contributed by atoms with Crippen LogP contribution in [0, 0.1) is 0 Å². The van der Waals surface area contributed by atoms with Crippen molar-refractivity contribution in [3.63, 3.8) is 0 Å². The number of rotatable bonds is 6. The Hall–Kier alpha value is -0.120. The van der Waals surface area contributed by atoms with Gasteiger partial charge in [-0.3, -0.25) is 0 Å². The highest BCUT2D eigenvalue weighted by molar-refractivity contribution is 4.67. The lowest BCUT2D eigenvalue weighted by Gasteiger charge is -2.22. The third-order valence-electron chi connectivity index (χ3n) is 2.79. The SMILES string of the molecule is CCN(CCO)CCN1CCCC1. The van der Waals surface area contributed by atoms with Gasteiger partial charge in [-0.25, -0.2) is 0 Å². The second-order valence-corrected chi connectivity index (χ2v) is 3.71. The van der Waals surface area contributed by atoms with E-state index in [0.29, 0.717) is 0 Å². The van der Waals surface area contributed by atoms with E-state index >= 15 is 0 Å². The van der Waals surface area contributed by atoms with Gasteiger partial charge in [0, 0.05) is 19.6 Å². The third kappa shape index (κ3) is 4.07. The van der Waals surface area contributed by atoms with E-state index in [9.17, 15) is 0 Å². The van der Waals surface area contributed by atoms with E-state index in [2.05, 4.69) is 16.7 Å². The molecule has 0 aromatic heterocycles. The van der Waals surface area contributed by atoms with Gasteiger partial charge in [0.15, 0.2) is 0 Å². The minimum Gasteiger partial charge on any atom is -0.395 e. The summed E-state index contributed by atoms with van der Waals surface area (Å²) < 4.78 is 0. The summed E-state index contributed by atoms with van der Waals surface area (Å²) in [6, 6.07) is 0. The quantitative estimate of drug-likeness (QED) is 0.650. The lowest BCUT2D eigenvalue weighted by atomic mass is 10.4. The van der Waals surface area contributed by atoms with Crippen LogP contribution in [0.4, 0.5) is 0 Å². The number of hydrogen-bond donors (Lipinski definition) is 1. The van der Waals surface area contributed by atoms with Crippen molar-refractivity contribution in [1.29, 1.82) is 0 Å². The molecule has 3 heteroatoms. The van der Waals surface area contributed by atoms with E-state index in [4.69, 9.17) is 5.11 Å². The predicted octanol–water partition coefficient (Wildman–Crippen LogP) is 0.396. The first-order chi connectivity index (χ1) is 6.36. The summed E-state index contributed by atoms with van der Waals surface area (Å²) in [5.41, 5.74) is 0. The molecule has 0 saturated carbocycles. The van der Waals surface area contributed by atoms with Gasteiger partial charge in [0.05, 0.1) is 6.61 Å². The number of nitrogens with zero attached hydrogens (tertiary/aromatic N) is 2. The molecular formula is C10H22N2O. The molecule has 1 aliphatic heterocycles. The Bertz CT molecular complexity index is 124. The first-order valence-corrected chi connectivity index (χ1v) is 5.42. The number of aliphatic hydroxyl groups excluding tert-OH is 1. The van der Waals surface area contributed by atoms with Gasteiger partial charge < -0.3 is 14.9 Å². The van der Waals surface area contributed by atoms with E-state index in [0.717, 1.165) is 19.6 Å². The fourth-order valence-electron chi connectivity index (χ4n) is 1.86. The summed E-state index contributed by atoms with van der Waals surface area (Å²) in [6.07, 6.45) is 2.73. The molecule has 0 amide bonds. The van der Waals surface area contributed by atoms with Gasteiger partial charge in [0.25, 0.3) is 0 Å². The molecular weight excluding hydrogens is 164 g/mol. The Morgan fingerprint density at radius 3 is 2.46 bits per heavy atom. The van der Waals surface area contributed by atoms with Crippen molar-refractivity contribution in [2.24, 2.45) is 0 Å². The van der Waals surface area contributed by atoms with Crippen molar-refractivity contribution < 1.29 is 5.11 Å². The second kappa shape index (κ2) is 6.35. The van der Waals surface area contributed by atoms with Gasteiger partial charge in [-0.15, -0.1) is 0 Å². The number of hydrogen-bond acceptors (Lipinski definition) is 3. The molecule has 13 heavy (non-hydrogen) atoms. The normalized spacial score (nSPS) is 18.7. The van der Waals surface area contributed by atoms with Crippen LogP contribution in [-0.2, 0) is 0 Å². The van der Waals surface area contributed by atoms with Crippen molar-refractivity contribution >= 4 is 0 Å². The summed E-state index contributed by atoms with van der Waals surface area (Å²) >= 11 is 0. The molecule has 1 fully saturated rings. The van der Waals surface area contributed by atoms with E-state index in [-0.39, 0.29) is 6.61 Å². The molecule has 3 nitrogen and oxygen atoms in total. The van der Waals surface area contributed by atoms with Crippen LogP contribution in [0.3, 0.4) is 0 Å². The largest absolute Gasteiger partial charge is 0.395 e. The van der Waals surface area contributed by atoms with Crippen LogP contribution in [0.25, 0.3) is 0 Å². The summed E-state index contributed by atoms with van der Waals surface area (Å²) in [5, 5.41) is 8.80. The summed E-state index contributed by atoms with van der Waals surface area (Å²) in [7, 11) is 0. The maximum atomic E-state index is 8.80. The van der Waals surface area contributed by atoms with Gasteiger partial charge in [-0.1, -0.05) is 6.92 Å². The molecule has 1 saturated heterocycles. The molecule has 0 unspecified atom stereocenters. The molecule has 1 aliphatic rings. The minimum absolute atomic E-state index is 0.286. The van der Waals surface area contributed by atoms with Crippen molar-refractivity contribution in [3.8, 4) is 0 Å². The molecule has 0 bridgehead atoms. The van der Waals surface area contributed by atoms with Gasteiger partial charge in [-0.2, -0.15) is 0 Å². The van der Waals surface area contributed by atoms with Crippen molar-refractivity contribution in [2.75, 3.05) is 45.9 Å². The van der Waals surface area contributed by atoms with Gasteiger partial charge in [-0.05, 0) is 32.5 Å². The zero-order chi connectivity index (χ0) is 9.52. The van der Waals surface area contributed by atoms with Gasteiger partial charge in [0.2, 0.25) is 0 Å². The molecule has 0 radical (unpaired) electrons. The predicted molar refractivity (Wildman–Crippen MR) is 54.9 cm³/mol. The lowest BCUT2D eigenvalue weighted by molar-refractivity contribution is 0.183. The molecule has 78 valence electrons. The number of likely N-dealkylation sites (N-methyl/N-ethyl adjacent to an activating group) is 1. The topological polar surface area (TPSA) is 26.7 Å². The van der Waals surface area contributed by atoms with Crippen molar-refractivity contribution in [1.82, 2.24) is 9.80 Å². The fourth-order valence-corrected chi connectivity index (χ4v) is 1.86. The van der Waals surface area contributed by atoms with Crippen LogP contribution >= 0.6 is 0 Å². The molecule has 1 N–H and O–H groups in total. The standard InChI is InChI=1S/C10H22N2O/c1-2-11(9-10-13)7-8-12-5-3-4-6-12/h13H,2-10H2,1H3. The average molecular weight is 186 g/mol. The van der Waals surface area contributed by atoms with Crippen molar-refractivity contribution in [3.05, 3.63) is 0 Å². The zero-order valence-electron chi connectivity index (χ0n) is 8.71. The summed E-state index contributed by atoms with van der Waals surface area (Å²) in [4.78, 5) is 4.82. The highest BCUT2D eigenvalue weighted by Crippen LogP contribution is 2.06. The van der Waals surface area contributed by atoms with Crippen LogP contribution < -0.4 is 0 Å². The highest BCUT2D eigenvalue weighted by Gasteiger charge is 2.11. The van der Waals surface area contributed by atoms with Crippen LogP contribution in [0.1, 0.15) is 19.8 Å². The number of likely N-dealkylation sites (tertiary alicyclic amines) is 1. The monoisotopic (exact) mass is 186 g/mol. The zero-order valence-corrected chi connectivity index (χ0v) is 8.71. The summed E-state index contributed by atoms with van der Waals surface area (Å²) in [5.74, 6) is 0. The molecule has 0 aromatic carbocycles. The van der Waals surface area contributed by atoms with E-state index < -0.39 is 0 Å². The Labute approximate surface area is 81.3 Å². The van der Waals surface area contributed by atoms with Crippen molar-refractivity contribution in [2.45, 2.75) is 19.8 Å². The van der Waals surface area contributed by atoms with Crippen LogP contribution in [0.5, 0.6) is 0 Å². The Morgan fingerprint density at radius 1 is 1.23 bits per heavy atom. The first-order valence-electron chi connectivity index (χ1n) is 5.42. The van der Waals surface area contributed by atoms with E-state index in [1.807, 2.05) is 0 Å². The second-order valence-electron chi connectivity index (χ2n) is 3.71.